The van der Waals surface area contributed by atoms with E-state index in [1.54, 1.807) is 0 Å². The predicted octanol–water partition coefficient (Wildman–Crippen LogP) is 3.05. The molecule has 1 fully saturated rings. The standard InChI is InChI=1S/C18H28N2O/c21-18(15-20-17-12-6-1-2-7-13-17)19-14-8-11-16-9-4-3-5-10-16/h3-5,9-10,17,20H,1-2,6-8,11-15H2,(H,19,21). The molecule has 3 heteroatoms. The first-order chi connectivity index (χ1) is 10.3. The van der Waals surface area contributed by atoms with Gasteiger partial charge in [0.2, 0.25) is 5.91 Å². The molecule has 0 unspecified atom stereocenters. The van der Waals surface area contributed by atoms with Crippen LogP contribution in [0.25, 0.3) is 0 Å². The molecule has 3 nitrogen and oxygen atoms in total. The SMILES string of the molecule is O=C(CNC1CCCCCC1)NCCCc1ccccc1. The van der Waals surface area contributed by atoms with Gasteiger partial charge in [0.1, 0.15) is 0 Å². The van der Waals surface area contributed by atoms with Gasteiger partial charge >= 0.3 is 0 Å². The van der Waals surface area contributed by atoms with Crippen molar-refractivity contribution in [3.05, 3.63) is 35.9 Å². The van der Waals surface area contributed by atoms with E-state index in [2.05, 4.69) is 34.9 Å². The number of hydrogen-bond acceptors (Lipinski definition) is 2. The van der Waals surface area contributed by atoms with Crippen LogP contribution in [0, 0.1) is 0 Å². The Morgan fingerprint density at radius 3 is 2.48 bits per heavy atom. The summed E-state index contributed by atoms with van der Waals surface area (Å²) in [5.74, 6) is 0.132. The summed E-state index contributed by atoms with van der Waals surface area (Å²) in [6, 6.07) is 11.0. The van der Waals surface area contributed by atoms with Gasteiger partial charge in [-0.3, -0.25) is 4.79 Å². The maximum absolute atomic E-state index is 11.8. The van der Waals surface area contributed by atoms with Gasteiger partial charge in [0.15, 0.2) is 0 Å². The Labute approximate surface area is 128 Å². The molecule has 0 bridgehead atoms. The van der Waals surface area contributed by atoms with Gasteiger partial charge < -0.3 is 10.6 Å². The normalized spacial score (nSPS) is 16.4. The second-order valence-corrected chi connectivity index (χ2v) is 6.01. The lowest BCUT2D eigenvalue weighted by molar-refractivity contribution is -0.120. The maximum atomic E-state index is 11.8. The van der Waals surface area contributed by atoms with E-state index in [1.807, 2.05) is 6.07 Å². The minimum Gasteiger partial charge on any atom is -0.355 e. The fourth-order valence-electron chi connectivity index (χ4n) is 2.95. The van der Waals surface area contributed by atoms with Gasteiger partial charge in [-0.25, -0.2) is 0 Å². The molecule has 2 rings (SSSR count). The van der Waals surface area contributed by atoms with Gasteiger partial charge in [0.25, 0.3) is 0 Å². The van der Waals surface area contributed by atoms with Crippen LogP contribution in [0.1, 0.15) is 50.5 Å². The van der Waals surface area contributed by atoms with Gasteiger partial charge in [-0.15, -0.1) is 0 Å². The van der Waals surface area contributed by atoms with Crippen molar-refractivity contribution in [2.24, 2.45) is 0 Å². The summed E-state index contributed by atoms with van der Waals surface area (Å²) in [6.07, 6.45) is 9.78. The highest BCUT2D eigenvalue weighted by Crippen LogP contribution is 2.16. The highest BCUT2D eigenvalue weighted by atomic mass is 16.1. The lowest BCUT2D eigenvalue weighted by Crippen LogP contribution is -2.39. The van der Waals surface area contributed by atoms with Gasteiger partial charge in [-0.1, -0.05) is 56.0 Å². The number of hydrogen-bond donors (Lipinski definition) is 2. The lowest BCUT2D eigenvalue weighted by Gasteiger charge is -2.15. The Morgan fingerprint density at radius 1 is 1.05 bits per heavy atom. The fraction of sp³-hybridized carbons (Fsp3) is 0.611. The highest BCUT2D eigenvalue weighted by Gasteiger charge is 2.12. The Bertz CT molecular complexity index is 397. The second-order valence-electron chi connectivity index (χ2n) is 6.01. The van der Waals surface area contributed by atoms with Crippen molar-refractivity contribution in [3.63, 3.8) is 0 Å². The van der Waals surface area contributed by atoms with E-state index in [0.717, 1.165) is 19.4 Å². The third kappa shape index (κ3) is 6.76. The molecule has 1 aromatic carbocycles. The Hall–Kier alpha value is -1.35. The zero-order chi connectivity index (χ0) is 14.8. The molecule has 21 heavy (non-hydrogen) atoms. The van der Waals surface area contributed by atoms with Gasteiger partial charge in [0, 0.05) is 12.6 Å². The first-order valence-corrected chi connectivity index (χ1v) is 8.38. The largest absolute Gasteiger partial charge is 0.355 e. The van der Waals surface area contributed by atoms with Crippen LogP contribution < -0.4 is 10.6 Å². The number of amides is 1. The Balaban J connectivity index is 1.53. The highest BCUT2D eigenvalue weighted by molar-refractivity contribution is 5.77. The van der Waals surface area contributed by atoms with E-state index in [9.17, 15) is 4.79 Å². The van der Waals surface area contributed by atoms with E-state index in [1.165, 1.54) is 44.1 Å². The average molecular weight is 288 g/mol. The van der Waals surface area contributed by atoms with Crippen LogP contribution in [0.2, 0.25) is 0 Å². The number of nitrogens with one attached hydrogen (secondary N) is 2. The van der Waals surface area contributed by atoms with Crippen molar-refractivity contribution in [1.29, 1.82) is 0 Å². The zero-order valence-corrected chi connectivity index (χ0v) is 12.9. The first-order valence-electron chi connectivity index (χ1n) is 8.38. The minimum absolute atomic E-state index is 0.132. The molecular formula is C18H28N2O. The van der Waals surface area contributed by atoms with Crippen LogP contribution in [-0.4, -0.2) is 25.0 Å². The van der Waals surface area contributed by atoms with Crippen LogP contribution in [0.15, 0.2) is 30.3 Å². The number of carbonyl (C=O) groups is 1. The molecule has 1 saturated carbocycles. The van der Waals surface area contributed by atoms with E-state index in [0.29, 0.717) is 12.6 Å². The monoisotopic (exact) mass is 288 g/mol. The van der Waals surface area contributed by atoms with Crippen molar-refractivity contribution < 1.29 is 4.79 Å². The summed E-state index contributed by atoms with van der Waals surface area (Å²) in [6.45, 7) is 1.23. The fourth-order valence-corrected chi connectivity index (χ4v) is 2.95. The summed E-state index contributed by atoms with van der Waals surface area (Å²) < 4.78 is 0. The topological polar surface area (TPSA) is 41.1 Å². The van der Waals surface area contributed by atoms with Crippen LogP contribution in [0.4, 0.5) is 0 Å². The van der Waals surface area contributed by atoms with E-state index < -0.39 is 0 Å². The first kappa shape index (κ1) is 16.0. The average Bonchev–Trinajstić information content (AvgIpc) is 2.79. The zero-order valence-electron chi connectivity index (χ0n) is 12.9. The molecule has 0 spiro atoms. The van der Waals surface area contributed by atoms with Gasteiger partial charge in [-0.2, -0.15) is 0 Å². The molecule has 116 valence electrons. The third-order valence-corrected chi connectivity index (χ3v) is 4.21. The third-order valence-electron chi connectivity index (χ3n) is 4.21. The Kier molecular flexibility index (Phi) is 7.30. The quantitative estimate of drug-likeness (QED) is 0.598. The molecule has 0 radical (unpaired) electrons. The summed E-state index contributed by atoms with van der Waals surface area (Å²) in [4.78, 5) is 11.8. The van der Waals surface area contributed by atoms with Gasteiger partial charge in [-0.05, 0) is 31.2 Å². The molecule has 0 saturated heterocycles. The number of rotatable bonds is 7. The van der Waals surface area contributed by atoms with Crippen molar-refractivity contribution in [3.8, 4) is 0 Å². The van der Waals surface area contributed by atoms with Crippen molar-refractivity contribution >= 4 is 5.91 Å². The molecule has 2 N–H and O–H groups in total. The van der Waals surface area contributed by atoms with Crippen LogP contribution in [0.3, 0.4) is 0 Å². The summed E-state index contributed by atoms with van der Waals surface area (Å²) >= 11 is 0. The molecule has 0 aromatic heterocycles. The van der Waals surface area contributed by atoms with Crippen LogP contribution in [0.5, 0.6) is 0 Å². The second kappa shape index (κ2) is 9.56. The predicted molar refractivity (Wildman–Crippen MR) is 87.3 cm³/mol. The van der Waals surface area contributed by atoms with Crippen LogP contribution >= 0.6 is 0 Å². The maximum Gasteiger partial charge on any atom is 0.233 e. The number of benzene rings is 1. The lowest BCUT2D eigenvalue weighted by atomic mass is 10.1. The van der Waals surface area contributed by atoms with Crippen LogP contribution in [-0.2, 0) is 11.2 Å². The molecule has 0 heterocycles. The summed E-state index contributed by atoms with van der Waals surface area (Å²) in [5.41, 5.74) is 1.34. The van der Waals surface area contributed by atoms with E-state index in [4.69, 9.17) is 0 Å². The molecule has 1 aromatic rings. The minimum atomic E-state index is 0.132. The number of carbonyl (C=O) groups excluding carboxylic acids is 1. The van der Waals surface area contributed by atoms with E-state index >= 15 is 0 Å². The van der Waals surface area contributed by atoms with Crippen molar-refractivity contribution in [2.45, 2.75) is 57.4 Å². The molecular weight excluding hydrogens is 260 g/mol. The Morgan fingerprint density at radius 2 is 1.76 bits per heavy atom. The molecule has 1 aliphatic rings. The molecule has 0 aliphatic heterocycles. The van der Waals surface area contributed by atoms with Gasteiger partial charge in [0.05, 0.1) is 6.54 Å². The number of aryl methyl sites for hydroxylation is 1. The molecule has 1 aliphatic carbocycles. The molecule has 0 atom stereocenters. The summed E-state index contributed by atoms with van der Waals surface area (Å²) in [5, 5.41) is 6.41. The van der Waals surface area contributed by atoms with Crippen molar-refractivity contribution in [2.75, 3.05) is 13.1 Å². The summed E-state index contributed by atoms with van der Waals surface area (Å²) in [7, 11) is 0. The van der Waals surface area contributed by atoms with Crippen molar-refractivity contribution in [1.82, 2.24) is 10.6 Å². The smallest absolute Gasteiger partial charge is 0.233 e. The van der Waals surface area contributed by atoms with E-state index in [-0.39, 0.29) is 5.91 Å². The molecule has 1 amide bonds.